The van der Waals surface area contributed by atoms with Gasteiger partial charge in [-0.1, -0.05) is 48.5 Å². The Bertz CT molecular complexity index is 248. The molecule has 0 aliphatic heterocycles. The van der Waals surface area contributed by atoms with Crippen LogP contribution >= 0.6 is 12.6 Å². The highest BCUT2D eigenvalue weighted by Crippen LogP contribution is 2.34. The molecule has 0 amide bonds. The lowest BCUT2D eigenvalue weighted by atomic mass is 9.77. The Kier molecular flexibility index (Phi) is 8.06. The van der Waals surface area contributed by atoms with Crippen LogP contribution in [0.25, 0.3) is 0 Å². The Morgan fingerprint density at radius 1 is 0.947 bits per heavy atom. The van der Waals surface area contributed by atoms with Gasteiger partial charge in [0.2, 0.25) is 0 Å². The van der Waals surface area contributed by atoms with Gasteiger partial charge in [-0.05, 0) is 55.9 Å². The molecule has 0 rings (SSSR count). The van der Waals surface area contributed by atoms with E-state index in [-0.39, 0.29) is 5.54 Å². The fraction of sp³-hybridized carbons (Fsp3) is 1.00. The Labute approximate surface area is 127 Å². The summed E-state index contributed by atoms with van der Waals surface area (Å²) in [6.07, 6.45) is 2.44. The minimum Gasteiger partial charge on any atom is -0.298 e. The third kappa shape index (κ3) is 5.30. The van der Waals surface area contributed by atoms with Crippen LogP contribution in [0.15, 0.2) is 0 Å². The molecule has 0 N–H and O–H groups in total. The number of thiol groups is 1. The molecule has 0 saturated heterocycles. The van der Waals surface area contributed by atoms with Gasteiger partial charge in [-0.25, -0.2) is 0 Å². The van der Waals surface area contributed by atoms with E-state index in [0.29, 0.717) is 11.3 Å². The van der Waals surface area contributed by atoms with E-state index in [0.717, 1.165) is 18.2 Å². The highest BCUT2D eigenvalue weighted by molar-refractivity contribution is 7.80. The van der Waals surface area contributed by atoms with Crippen molar-refractivity contribution in [1.29, 1.82) is 0 Å². The fourth-order valence-corrected chi connectivity index (χ4v) is 2.98. The molecule has 0 bridgehead atoms. The first kappa shape index (κ1) is 19.3. The average molecular weight is 288 g/mol. The molecule has 1 atom stereocenters. The molecular weight excluding hydrogens is 250 g/mol. The molecule has 0 aromatic carbocycles. The zero-order valence-electron chi connectivity index (χ0n) is 14.6. The normalized spacial score (nSPS) is 16.4. The molecule has 0 spiro atoms. The van der Waals surface area contributed by atoms with Crippen molar-refractivity contribution < 1.29 is 0 Å². The summed E-state index contributed by atoms with van der Waals surface area (Å²) in [5.41, 5.74) is 0.704. The third-order valence-electron chi connectivity index (χ3n) is 5.55. The standard InChI is InChI=1S/C17H37NS/c1-9-18(12-10-16(6,7)14(2)3)17(8,11-13-19)15(4)5/h14-15,19H,9-13H2,1-8H3. The molecule has 0 aromatic rings. The van der Waals surface area contributed by atoms with Crippen LogP contribution in [-0.4, -0.2) is 29.3 Å². The van der Waals surface area contributed by atoms with Crippen molar-refractivity contribution in [2.24, 2.45) is 17.3 Å². The Hall–Kier alpha value is 0.310. The summed E-state index contributed by atoms with van der Waals surface area (Å²) in [4.78, 5) is 2.68. The van der Waals surface area contributed by atoms with Gasteiger partial charge in [0.1, 0.15) is 0 Å². The van der Waals surface area contributed by atoms with Gasteiger partial charge in [-0.2, -0.15) is 12.6 Å². The van der Waals surface area contributed by atoms with Crippen molar-refractivity contribution in [3.05, 3.63) is 0 Å². The number of rotatable bonds is 9. The van der Waals surface area contributed by atoms with E-state index in [9.17, 15) is 0 Å². The molecule has 0 saturated carbocycles. The van der Waals surface area contributed by atoms with Crippen LogP contribution in [-0.2, 0) is 0 Å². The minimum atomic E-state index is 0.281. The molecule has 0 aromatic heterocycles. The molecule has 0 heterocycles. The highest BCUT2D eigenvalue weighted by atomic mass is 32.1. The average Bonchev–Trinajstić information content (AvgIpc) is 2.29. The fourth-order valence-electron chi connectivity index (χ4n) is 2.52. The van der Waals surface area contributed by atoms with Gasteiger partial charge in [0.05, 0.1) is 0 Å². The van der Waals surface area contributed by atoms with E-state index in [1.54, 1.807) is 0 Å². The van der Waals surface area contributed by atoms with E-state index >= 15 is 0 Å². The van der Waals surface area contributed by atoms with E-state index in [1.165, 1.54) is 19.4 Å². The molecule has 1 nitrogen and oxygen atoms in total. The zero-order valence-corrected chi connectivity index (χ0v) is 15.5. The summed E-state index contributed by atoms with van der Waals surface area (Å²) in [6, 6.07) is 0. The molecule has 0 radical (unpaired) electrons. The lowest BCUT2D eigenvalue weighted by Gasteiger charge is -2.46. The van der Waals surface area contributed by atoms with Crippen LogP contribution in [0.2, 0.25) is 0 Å². The summed E-state index contributed by atoms with van der Waals surface area (Å²) >= 11 is 4.47. The van der Waals surface area contributed by atoms with Gasteiger partial charge in [-0.15, -0.1) is 0 Å². The summed E-state index contributed by atoms with van der Waals surface area (Å²) in [5.74, 6) is 2.38. The van der Waals surface area contributed by atoms with Crippen molar-refractivity contribution in [1.82, 2.24) is 4.90 Å². The largest absolute Gasteiger partial charge is 0.298 e. The second kappa shape index (κ2) is 7.93. The maximum atomic E-state index is 4.47. The summed E-state index contributed by atoms with van der Waals surface area (Å²) in [7, 11) is 0. The summed E-state index contributed by atoms with van der Waals surface area (Å²) in [6.45, 7) is 21.2. The second-order valence-corrected chi connectivity index (χ2v) is 7.91. The van der Waals surface area contributed by atoms with Crippen LogP contribution in [0.3, 0.4) is 0 Å². The molecule has 0 fully saturated rings. The minimum absolute atomic E-state index is 0.281. The van der Waals surface area contributed by atoms with Gasteiger partial charge in [0, 0.05) is 5.54 Å². The van der Waals surface area contributed by atoms with Crippen molar-refractivity contribution in [3.8, 4) is 0 Å². The Balaban J connectivity index is 4.81. The molecule has 19 heavy (non-hydrogen) atoms. The number of nitrogens with zero attached hydrogens (tertiary/aromatic N) is 1. The predicted octanol–water partition coefficient (Wildman–Crippen LogP) is 5.12. The third-order valence-corrected chi connectivity index (χ3v) is 5.78. The van der Waals surface area contributed by atoms with Crippen molar-refractivity contribution >= 4 is 12.6 Å². The van der Waals surface area contributed by atoms with Gasteiger partial charge in [0.15, 0.2) is 0 Å². The lowest BCUT2D eigenvalue weighted by Crippen LogP contribution is -2.51. The second-order valence-electron chi connectivity index (χ2n) is 7.46. The zero-order chi connectivity index (χ0) is 15.3. The number of hydrogen-bond donors (Lipinski definition) is 1. The number of hydrogen-bond acceptors (Lipinski definition) is 2. The van der Waals surface area contributed by atoms with Crippen LogP contribution < -0.4 is 0 Å². The van der Waals surface area contributed by atoms with Crippen LogP contribution in [0.1, 0.15) is 68.2 Å². The molecule has 116 valence electrons. The first-order valence-corrected chi connectivity index (χ1v) is 8.61. The van der Waals surface area contributed by atoms with Crippen LogP contribution in [0.4, 0.5) is 0 Å². The van der Waals surface area contributed by atoms with Gasteiger partial charge >= 0.3 is 0 Å². The smallest absolute Gasteiger partial charge is 0.0211 e. The monoisotopic (exact) mass is 287 g/mol. The Morgan fingerprint density at radius 2 is 1.47 bits per heavy atom. The Morgan fingerprint density at radius 3 is 1.79 bits per heavy atom. The van der Waals surface area contributed by atoms with Gasteiger partial charge in [-0.3, -0.25) is 4.90 Å². The maximum Gasteiger partial charge on any atom is 0.0211 e. The first-order chi connectivity index (χ1) is 8.61. The molecule has 2 heteroatoms. The molecular formula is C17H37NS. The molecule has 0 aliphatic carbocycles. The highest BCUT2D eigenvalue weighted by Gasteiger charge is 2.34. The van der Waals surface area contributed by atoms with Crippen LogP contribution in [0.5, 0.6) is 0 Å². The van der Waals surface area contributed by atoms with Crippen LogP contribution in [0, 0.1) is 17.3 Å². The topological polar surface area (TPSA) is 3.24 Å². The van der Waals surface area contributed by atoms with E-state index in [2.05, 4.69) is 72.9 Å². The van der Waals surface area contributed by atoms with Crippen molar-refractivity contribution in [2.75, 3.05) is 18.8 Å². The maximum absolute atomic E-state index is 4.47. The lowest BCUT2D eigenvalue weighted by molar-refractivity contribution is 0.0451. The first-order valence-electron chi connectivity index (χ1n) is 7.97. The van der Waals surface area contributed by atoms with E-state index < -0.39 is 0 Å². The van der Waals surface area contributed by atoms with Gasteiger partial charge in [0.25, 0.3) is 0 Å². The SMILES string of the molecule is CCN(CCC(C)(C)C(C)C)C(C)(CCS)C(C)C. The van der Waals surface area contributed by atoms with Gasteiger partial charge < -0.3 is 0 Å². The molecule has 1 unspecified atom stereocenters. The summed E-state index contributed by atoms with van der Waals surface area (Å²) < 4.78 is 0. The predicted molar refractivity (Wildman–Crippen MR) is 92.2 cm³/mol. The van der Waals surface area contributed by atoms with E-state index in [1.807, 2.05) is 0 Å². The van der Waals surface area contributed by atoms with Crippen molar-refractivity contribution in [2.45, 2.75) is 73.8 Å². The van der Waals surface area contributed by atoms with E-state index in [4.69, 9.17) is 0 Å². The summed E-state index contributed by atoms with van der Waals surface area (Å²) in [5, 5.41) is 0. The quantitative estimate of drug-likeness (QED) is 0.576. The molecule has 0 aliphatic rings. The van der Waals surface area contributed by atoms with Crippen molar-refractivity contribution in [3.63, 3.8) is 0 Å².